The summed E-state index contributed by atoms with van der Waals surface area (Å²) in [6, 6.07) is 0.405. The fourth-order valence-corrected chi connectivity index (χ4v) is 2.23. The number of hydrogen-bond acceptors (Lipinski definition) is 4. The average Bonchev–Trinajstić information content (AvgIpc) is 2.32. The second-order valence-electron chi connectivity index (χ2n) is 4.56. The van der Waals surface area contributed by atoms with Crippen molar-refractivity contribution >= 4 is 5.91 Å². The van der Waals surface area contributed by atoms with E-state index in [0.717, 1.165) is 32.7 Å². The normalized spacial score (nSPS) is 25.8. The standard InChI is InChI=1S/C12H20N4O/c13-12(17)10-16-7-5-15(6-8-16)9-11-3-1-2-4-14-11/h1-4,11,14H,5-10H2,(H2,13,17). The molecule has 2 aliphatic rings. The molecule has 0 aromatic heterocycles. The summed E-state index contributed by atoms with van der Waals surface area (Å²) in [5.74, 6) is -0.236. The molecule has 1 unspecified atom stereocenters. The quantitative estimate of drug-likeness (QED) is 0.666. The molecule has 1 fully saturated rings. The molecule has 3 N–H and O–H groups in total. The summed E-state index contributed by atoms with van der Waals surface area (Å²) >= 11 is 0. The molecular formula is C12H20N4O. The summed E-state index contributed by atoms with van der Waals surface area (Å²) in [4.78, 5) is 15.3. The number of piperazine rings is 1. The number of primary amides is 1. The second-order valence-corrected chi connectivity index (χ2v) is 4.56. The Hall–Kier alpha value is -1.33. The predicted molar refractivity (Wildman–Crippen MR) is 67.3 cm³/mol. The van der Waals surface area contributed by atoms with Crippen LogP contribution in [-0.2, 0) is 4.79 Å². The molecule has 17 heavy (non-hydrogen) atoms. The van der Waals surface area contributed by atoms with Crippen molar-refractivity contribution in [3.63, 3.8) is 0 Å². The molecule has 0 aliphatic carbocycles. The van der Waals surface area contributed by atoms with Crippen molar-refractivity contribution < 1.29 is 4.79 Å². The lowest BCUT2D eigenvalue weighted by molar-refractivity contribution is -0.119. The third-order valence-corrected chi connectivity index (χ3v) is 3.16. The van der Waals surface area contributed by atoms with E-state index in [0.29, 0.717) is 12.6 Å². The molecule has 2 aliphatic heterocycles. The van der Waals surface area contributed by atoms with Crippen LogP contribution in [0.4, 0.5) is 0 Å². The highest BCUT2D eigenvalue weighted by Crippen LogP contribution is 2.04. The van der Waals surface area contributed by atoms with Crippen LogP contribution < -0.4 is 11.1 Å². The van der Waals surface area contributed by atoms with E-state index in [1.807, 2.05) is 12.3 Å². The number of amides is 1. The topological polar surface area (TPSA) is 61.6 Å². The van der Waals surface area contributed by atoms with Crippen LogP contribution in [0, 0.1) is 0 Å². The maximum Gasteiger partial charge on any atom is 0.231 e. The number of nitrogens with zero attached hydrogens (tertiary/aromatic N) is 2. The average molecular weight is 236 g/mol. The molecule has 94 valence electrons. The summed E-state index contributed by atoms with van der Waals surface area (Å²) < 4.78 is 0. The molecule has 0 bridgehead atoms. The van der Waals surface area contributed by atoms with Gasteiger partial charge < -0.3 is 11.1 Å². The lowest BCUT2D eigenvalue weighted by atomic mass is 10.2. The van der Waals surface area contributed by atoms with E-state index in [1.165, 1.54) is 0 Å². The van der Waals surface area contributed by atoms with Gasteiger partial charge in [-0.1, -0.05) is 12.2 Å². The van der Waals surface area contributed by atoms with Gasteiger partial charge in [0.05, 0.1) is 12.6 Å². The molecule has 1 saturated heterocycles. The molecule has 0 saturated carbocycles. The first-order chi connectivity index (χ1) is 8.24. The van der Waals surface area contributed by atoms with Gasteiger partial charge in [-0.2, -0.15) is 0 Å². The Morgan fingerprint density at radius 1 is 1.24 bits per heavy atom. The summed E-state index contributed by atoms with van der Waals surface area (Å²) in [7, 11) is 0. The Morgan fingerprint density at radius 2 is 1.94 bits per heavy atom. The lowest BCUT2D eigenvalue weighted by Gasteiger charge is -2.35. The highest BCUT2D eigenvalue weighted by molar-refractivity contribution is 5.75. The van der Waals surface area contributed by atoms with Crippen molar-refractivity contribution in [3.8, 4) is 0 Å². The fourth-order valence-electron chi connectivity index (χ4n) is 2.23. The van der Waals surface area contributed by atoms with E-state index < -0.39 is 0 Å². The molecule has 0 aromatic carbocycles. The van der Waals surface area contributed by atoms with Gasteiger partial charge in [0, 0.05) is 32.7 Å². The summed E-state index contributed by atoms with van der Waals surface area (Å²) in [5, 5.41) is 3.31. The first-order valence-electron chi connectivity index (χ1n) is 6.06. The van der Waals surface area contributed by atoms with E-state index in [-0.39, 0.29) is 5.91 Å². The Kier molecular flexibility index (Phi) is 4.17. The largest absolute Gasteiger partial charge is 0.383 e. The Morgan fingerprint density at radius 3 is 2.53 bits per heavy atom. The molecule has 1 atom stereocenters. The van der Waals surface area contributed by atoms with Gasteiger partial charge in [0.2, 0.25) is 5.91 Å². The first-order valence-corrected chi connectivity index (χ1v) is 6.06. The van der Waals surface area contributed by atoms with Crippen LogP contribution in [0.3, 0.4) is 0 Å². The minimum absolute atomic E-state index is 0.236. The van der Waals surface area contributed by atoms with E-state index in [4.69, 9.17) is 5.73 Å². The third-order valence-electron chi connectivity index (χ3n) is 3.16. The maximum absolute atomic E-state index is 10.8. The van der Waals surface area contributed by atoms with Gasteiger partial charge in [-0.05, 0) is 12.3 Å². The van der Waals surface area contributed by atoms with Gasteiger partial charge >= 0.3 is 0 Å². The molecule has 2 heterocycles. The molecule has 0 spiro atoms. The minimum atomic E-state index is -0.236. The zero-order valence-corrected chi connectivity index (χ0v) is 10.0. The van der Waals surface area contributed by atoms with E-state index in [1.54, 1.807) is 0 Å². The monoisotopic (exact) mass is 236 g/mol. The zero-order valence-electron chi connectivity index (χ0n) is 10.0. The number of carbonyl (C=O) groups excluding carboxylic acids is 1. The van der Waals surface area contributed by atoms with E-state index in [2.05, 4.69) is 27.3 Å². The highest BCUT2D eigenvalue weighted by Gasteiger charge is 2.19. The van der Waals surface area contributed by atoms with E-state index in [9.17, 15) is 4.79 Å². The van der Waals surface area contributed by atoms with Crippen LogP contribution in [0.5, 0.6) is 0 Å². The van der Waals surface area contributed by atoms with Crippen LogP contribution in [0.2, 0.25) is 0 Å². The molecule has 0 radical (unpaired) electrons. The lowest BCUT2D eigenvalue weighted by Crippen LogP contribution is -2.51. The number of nitrogens with one attached hydrogen (secondary N) is 1. The number of hydrogen-bond donors (Lipinski definition) is 2. The van der Waals surface area contributed by atoms with Crippen LogP contribution in [-0.4, -0.2) is 61.0 Å². The Labute approximate surface area is 102 Å². The van der Waals surface area contributed by atoms with Crippen molar-refractivity contribution in [3.05, 3.63) is 24.4 Å². The van der Waals surface area contributed by atoms with Crippen molar-refractivity contribution in [2.45, 2.75) is 6.04 Å². The van der Waals surface area contributed by atoms with Gasteiger partial charge in [-0.3, -0.25) is 14.6 Å². The van der Waals surface area contributed by atoms with Crippen molar-refractivity contribution in [1.29, 1.82) is 0 Å². The molecule has 2 rings (SSSR count). The number of allylic oxidation sites excluding steroid dienone is 2. The SMILES string of the molecule is NC(=O)CN1CCN(CC2C=CC=CN2)CC1. The fraction of sp³-hybridized carbons (Fsp3) is 0.583. The second kappa shape index (κ2) is 5.84. The van der Waals surface area contributed by atoms with Crippen molar-refractivity contribution in [1.82, 2.24) is 15.1 Å². The number of dihydropyridines is 1. The van der Waals surface area contributed by atoms with Crippen molar-refractivity contribution in [2.75, 3.05) is 39.3 Å². The molecule has 1 amide bonds. The van der Waals surface area contributed by atoms with Gasteiger partial charge in [-0.25, -0.2) is 0 Å². The van der Waals surface area contributed by atoms with Crippen LogP contribution in [0.15, 0.2) is 24.4 Å². The van der Waals surface area contributed by atoms with Gasteiger partial charge in [0.15, 0.2) is 0 Å². The Balaban J connectivity index is 1.70. The number of carbonyl (C=O) groups is 1. The van der Waals surface area contributed by atoms with Gasteiger partial charge in [0.1, 0.15) is 0 Å². The third kappa shape index (κ3) is 3.87. The predicted octanol–water partition coefficient (Wildman–Crippen LogP) is -0.869. The van der Waals surface area contributed by atoms with Gasteiger partial charge in [0.25, 0.3) is 0 Å². The summed E-state index contributed by atoms with van der Waals surface area (Å²) in [6.07, 6.45) is 8.23. The summed E-state index contributed by atoms with van der Waals surface area (Å²) in [5.41, 5.74) is 5.19. The van der Waals surface area contributed by atoms with Crippen LogP contribution in [0.1, 0.15) is 0 Å². The van der Waals surface area contributed by atoms with Gasteiger partial charge in [-0.15, -0.1) is 0 Å². The maximum atomic E-state index is 10.8. The highest BCUT2D eigenvalue weighted by atomic mass is 16.1. The zero-order chi connectivity index (χ0) is 12.1. The first kappa shape index (κ1) is 12.1. The van der Waals surface area contributed by atoms with Crippen LogP contribution in [0.25, 0.3) is 0 Å². The molecule has 0 aromatic rings. The minimum Gasteiger partial charge on any atom is -0.383 e. The van der Waals surface area contributed by atoms with Crippen LogP contribution >= 0.6 is 0 Å². The summed E-state index contributed by atoms with van der Waals surface area (Å²) in [6.45, 7) is 5.26. The van der Waals surface area contributed by atoms with Crippen molar-refractivity contribution in [2.24, 2.45) is 5.73 Å². The Bertz CT molecular complexity index is 318. The molecule has 5 nitrogen and oxygen atoms in total. The molecular weight excluding hydrogens is 216 g/mol. The smallest absolute Gasteiger partial charge is 0.231 e. The van der Waals surface area contributed by atoms with E-state index >= 15 is 0 Å². The number of rotatable bonds is 4. The number of nitrogens with two attached hydrogens (primary N) is 1. The molecule has 5 heteroatoms.